The molecule has 1 aromatic carbocycles. The number of Topliss-reactive ketones (excluding diaryl/α,β-unsaturated/α-hetero) is 2. The van der Waals surface area contributed by atoms with Crippen LogP contribution in [-0.2, 0) is 4.79 Å². The highest BCUT2D eigenvalue weighted by Gasteiger charge is 2.22. The van der Waals surface area contributed by atoms with Crippen molar-refractivity contribution in [1.29, 1.82) is 0 Å². The molecule has 0 unspecified atom stereocenters. The van der Waals surface area contributed by atoms with E-state index in [-0.39, 0.29) is 5.78 Å². The predicted octanol–water partition coefficient (Wildman–Crippen LogP) is 2.84. The van der Waals surface area contributed by atoms with E-state index in [4.69, 9.17) is 0 Å². The zero-order valence-corrected chi connectivity index (χ0v) is 11.0. The number of carbonyl (C=O) groups excluding carboxylic acids is 2. The Balaban J connectivity index is 2.06. The van der Waals surface area contributed by atoms with Crippen LogP contribution in [0.4, 0.5) is 5.69 Å². The zero-order valence-electron chi connectivity index (χ0n) is 11.0. The maximum atomic E-state index is 11.2. The van der Waals surface area contributed by atoms with Crippen molar-refractivity contribution in [3.05, 3.63) is 29.8 Å². The van der Waals surface area contributed by atoms with E-state index in [0.29, 0.717) is 24.7 Å². The number of benzene rings is 1. The van der Waals surface area contributed by atoms with Gasteiger partial charge in [-0.15, -0.1) is 0 Å². The Morgan fingerprint density at radius 1 is 1.17 bits per heavy atom. The molecule has 1 aromatic rings. The smallest absolute Gasteiger partial charge is 0.159 e. The second-order valence-corrected chi connectivity index (χ2v) is 4.98. The number of carbonyl (C=O) groups is 2. The molecule has 0 heterocycles. The quantitative estimate of drug-likeness (QED) is 0.768. The molecule has 1 aliphatic carbocycles. The molecule has 0 bridgehead atoms. The molecular formula is C15H19NO2. The van der Waals surface area contributed by atoms with Crippen molar-refractivity contribution in [2.24, 2.45) is 0 Å². The molecule has 0 aliphatic heterocycles. The van der Waals surface area contributed by atoms with Crippen molar-refractivity contribution in [3.8, 4) is 0 Å². The number of rotatable bonds is 3. The van der Waals surface area contributed by atoms with Crippen LogP contribution < -0.4 is 4.90 Å². The van der Waals surface area contributed by atoms with Crippen LogP contribution in [0.1, 0.15) is 43.0 Å². The van der Waals surface area contributed by atoms with Gasteiger partial charge < -0.3 is 4.90 Å². The Morgan fingerprint density at radius 2 is 1.72 bits per heavy atom. The van der Waals surface area contributed by atoms with Crippen molar-refractivity contribution >= 4 is 17.3 Å². The molecular weight excluding hydrogens is 226 g/mol. The largest absolute Gasteiger partial charge is 0.372 e. The fourth-order valence-corrected chi connectivity index (χ4v) is 2.45. The van der Waals surface area contributed by atoms with Gasteiger partial charge in [0.1, 0.15) is 5.78 Å². The van der Waals surface area contributed by atoms with Crippen molar-refractivity contribution < 1.29 is 9.59 Å². The molecule has 1 aliphatic rings. The molecule has 0 atom stereocenters. The van der Waals surface area contributed by atoms with Crippen molar-refractivity contribution in [2.45, 2.75) is 38.6 Å². The topological polar surface area (TPSA) is 37.4 Å². The maximum absolute atomic E-state index is 11.2. The van der Waals surface area contributed by atoms with Gasteiger partial charge in [0.05, 0.1) is 0 Å². The van der Waals surface area contributed by atoms with E-state index < -0.39 is 0 Å². The lowest BCUT2D eigenvalue weighted by Crippen LogP contribution is -2.35. The predicted molar refractivity (Wildman–Crippen MR) is 72.1 cm³/mol. The third-order valence-electron chi connectivity index (χ3n) is 3.74. The normalized spacial score (nSPS) is 16.7. The summed E-state index contributed by atoms with van der Waals surface area (Å²) in [6.07, 6.45) is 3.26. The van der Waals surface area contributed by atoms with Gasteiger partial charge in [0.25, 0.3) is 0 Å². The van der Waals surface area contributed by atoms with Gasteiger partial charge in [0, 0.05) is 37.2 Å². The van der Waals surface area contributed by atoms with Gasteiger partial charge in [0.15, 0.2) is 5.78 Å². The molecule has 1 saturated carbocycles. The Morgan fingerprint density at radius 3 is 2.22 bits per heavy atom. The van der Waals surface area contributed by atoms with Gasteiger partial charge in [-0.2, -0.15) is 0 Å². The Bertz CT molecular complexity index is 440. The number of hydrogen-bond donors (Lipinski definition) is 0. The lowest BCUT2D eigenvalue weighted by molar-refractivity contribution is -0.120. The van der Waals surface area contributed by atoms with E-state index in [1.807, 2.05) is 24.3 Å². The van der Waals surface area contributed by atoms with Crippen molar-refractivity contribution in [3.63, 3.8) is 0 Å². The summed E-state index contributed by atoms with van der Waals surface area (Å²) in [6.45, 7) is 1.57. The summed E-state index contributed by atoms with van der Waals surface area (Å²) in [5, 5.41) is 0. The third-order valence-corrected chi connectivity index (χ3v) is 3.74. The molecule has 0 spiro atoms. The van der Waals surface area contributed by atoms with Crippen LogP contribution in [0.25, 0.3) is 0 Å². The van der Waals surface area contributed by atoms with Crippen LogP contribution in [0.15, 0.2) is 24.3 Å². The van der Waals surface area contributed by atoms with Gasteiger partial charge in [0.2, 0.25) is 0 Å². The standard InChI is InChI=1S/C15H19NO2/c1-11(17)12-3-5-13(6-4-12)16(2)14-7-9-15(18)10-8-14/h3-6,14H,7-10H2,1-2H3. The molecule has 0 aromatic heterocycles. The highest BCUT2D eigenvalue weighted by atomic mass is 16.1. The van der Waals surface area contributed by atoms with Crippen LogP contribution in [-0.4, -0.2) is 24.7 Å². The van der Waals surface area contributed by atoms with E-state index in [1.165, 1.54) is 0 Å². The van der Waals surface area contributed by atoms with Crippen molar-refractivity contribution in [1.82, 2.24) is 0 Å². The summed E-state index contributed by atoms with van der Waals surface area (Å²) in [5.41, 5.74) is 1.85. The van der Waals surface area contributed by atoms with E-state index in [1.54, 1.807) is 6.92 Å². The fraction of sp³-hybridized carbons (Fsp3) is 0.467. The third kappa shape index (κ3) is 2.78. The monoisotopic (exact) mass is 245 g/mol. The average Bonchev–Trinajstić information content (AvgIpc) is 2.39. The minimum absolute atomic E-state index is 0.0902. The SMILES string of the molecule is CC(=O)c1ccc(N(C)C2CCC(=O)CC2)cc1. The minimum Gasteiger partial charge on any atom is -0.372 e. The van der Waals surface area contributed by atoms with E-state index in [9.17, 15) is 9.59 Å². The number of hydrogen-bond acceptors (Lipinski definition) is 3. The molecule has 3 heteroatoms. The summed E-state index contributed by atoms with van der Waals surface area (Å²) < 4.78 is 0. The van der Waals surface area contributed by atoms with Gasteiger partial charge in [-0.1, -0.05) is 0 Å². The Kier molecular flexibility index (Phi) is 3.80. The van der Waals surface area contributed by atoms with Gasteiger partial charge >= 0.3 is 0 Å². The zero-order chi connectivity index (χ0) is 13.1. The lowest BCUT2D eigenvalue weighted by atomic mass is 9.93. The van der Waals surface area contributed by atoms with Crippen LogP contribution in [0.2, 0.25) is 0 Å². The highest BCUT2D eigenvalue weighted by molar-refractivity contribution is 5.94. The first kappa shape index (κ1) is 12.8. The molecule has 3 nitrogen and oxygen atoms in total. The van der Waals surface area contributed by atoms with Crippen LogP contribution in [0, 0.1) is 0 Å². The second-order valence-electron chi connectivity index (χ2n) is 4.98. The number of nitrogens with zero attached hydrogens (tertiary/aromatic N) is 1. The molecule has 0 N–H and O–H groups in total. The maximum Gasteiger partial charge on any atom is 0.159 e. The first-order valence-electron chi connectivity index (χ1n) is 6.43. The molecule has 96 valence electrons. The highest BCUT2D eigenvalue weighted by Crippen LogP contribution is 2.24. The summed E-state index contributed by atoms with van der Waals surface area (Å²) in [7, 11) is 2.06. The molecule has 0 amide bonds. The molecule has 0 saturated heterocycles. The summed E-state index contributed by atoms with van der Waals surface area (Å²) >= 11 is 0. The van der Waals surface area contributed by atoms with Crippen molar-refractivity contribution in [2.75, 3.05) is 11.9 Å². The Labute approximate surface area is 108 Å². The first-order valence-corrected chi connectivity index (χ1v) is 6.43. The molecule has 18 heavy (non-hydrogen) atoms. The fourth-order valence-electron chi connectivity index (χ4n) is 2.45. The first-order chi connectivity index (χ1) is 8.58. The van der Waals surface area contributed by atoms with E-state index in [0.717, 1.165) is 24.1 Å². The van der Waals surface area contributed by atoms with Gasteiger partial charge in [-0.05, 0) is 44.0 Å². The van der Waals surface area contributed by atoms with E-state index >= 15 is 0 Å². The number of ketones is 2. The average molecular weight is 245 g/mol. The second kappa shape index (κ2) is 5.34. The van der Waals surface area contributed by atoms with Crippen LogP contribution in [0.3, 0.4) is 0 Å². The summed E-state index contributed by atoms with van der Waals surface area (Å²) in [4.78, 5) is 24.7. The summed E-state index contributed by atoms with van der Waals surface area (Å²) in [5.74, 6) is 0.471. The lowest BCUT2D eigenvalue weighted by Gasteiger charge is -2.32. The number of anilines is 1. The van der Waals surface area contributed by atoms with E-state index in [2.05, 4.69) is 11.9 Å². The van der Waals surface area contributed by atoms with Gasteiger partial charge in [-0.3, -0.25) is 9.59 Å². The van der Waals surface area contributed by atoms with Crippen LogP contribution in [0.5, 0.6) is 0 Å². The summed E-state index contributed by atoms with van der Waals surface area (Å²) in [6, 6.07) is 8.12. The van der Waals surface area contributed by atoms with Crippen LogP contribution >= 0.6 is 0 Å². The van der Waals surface area contributed by atoms with Gasteiger partial charge in [-0.25, -0.2) is 0 Å². The molecule has 0 radical (unpaired) electrons. The molecule has 1 fully saturated rings. The Hall–Kier alpha value is -1.64. The molecule has 2 rings (SSSR count). The minimum atomic E-state index is 0.0902.